The number of aromatic carboxylic acids is 1. The van der Waals surface area contributed by atoms with Crippen molar-refractivity contribution >= 4 is 28.8 Å². The Morgan fingerprint density at radius 3 is 2.39 bits per heavy atom. The topological polar surface area (TPSA) is 138 Å². The van der Waals surface area contributed by atoms with Crippen molar-refractivity contribution in [2.75, 3.05) is 41.3 Å². The quantitative estimate of drug-likeness (QED) is 0.369. The number of hydrogen-bond donors (Lipinski definition) is 2. The van der Waals surface area contributed by atoms with Gasteiger partial charge in [0.1, 0.15) is 11.7 Å². The number of para-hydroxylation sites is 1. The van der Waals surface area contributed by atoms with Gasteiger partial charge in [0, 0.05) is 54.7 Å². The molecule has 0 saturated carbocycles. The molecule has 1 atom stereocenters. The van der Waals surface area contributed by atoms with Crippen LogP contribution < -0.4 is 20.7 Å². The lowest BCUT2D eigenvalue weighted by molar-refractivity contribution is 0.0698. The van der Waals surface area contributed by atoms with Gasteiger partial charge in [0.2, 0.25) is 0 Å². The molecule has 10 nitrogen and oxygen atoms in total. The van der Waals surface area contributed by atoms with Crippen LogP contribution in [-0.2, 0) is 0 Å². The molecule has 0 bridgehead atoms. The van der Waals surface area contributed by atoms with E-state index >= 15 is 0 Å². The lowest BCUT2D eigenvalue weighted by Gasteiger charge is -2.61. The van der Waals surface area contributed by atoms with E-state index in [2.05, 4.69) is 22.4 Å². The summed E-state index contributed by atoms with van der Waals surface area (Å²) in [6.07, 6.45) is 1.68. The van der Waals surface area contributed by atoms with Gasteiger partial charge in [-0.05, 0) is 61.9 Å². The molecule has 4 aromatic rings. The summed E-state index contributed by atoms with van der Waals surface area (Å²) in [5.74, 6) is -0.659. The number of nitrogens with zero attached hydrogens (tertiary/aromatic N) is 6. The van der Waals surface area contributed by atoms with Crippen LogP contribution in [-0.4, -0.2) is 46.6 Å². The van der Waals surface area contributed by atoms with Crippen molar-refractivity contribution in [1.82, 2.24) is 9.38 Å². The van der Waals surface area contributed by atoms with Gasteiger partial charge in [-0.25, -0.2) is 9.78 Å². The highest BCUT2D eigenvalue weighted by Gasteiger charge is 2.52. The number of fused-ring (bicyclic) bond motifs is 1. The van der Waals surface area contributed by atoms with Gasteiger partial charge < -0.3 is 20.2 Å². The third-order valence-corrected chi connectivity index (χ3v) is 7.94. The molecule has 0 unspecified atom stereocenters. The van der Waals surface area contributed by atoms with Gasteiger partial charge in [-0.1, -0.05) is 12.1 Å². The van der Waals surface area contributed by atoms with Crippen molar-refractivity contribution in [3.63, 3.8) is 0 Å². The van der Waals surface area contributed by atoms with Crippen LogP contribution in [0.2, 0.25) is 0 Å². The van der Waals surface area contributed by atoms with Crippen LogP contribution in [0.3, 0.4) is 0 Å². The number of carbonyl (C=O) groups is 1. The molecule has 1 spiro atoms. The number of aromatic nitrogens is 2. The van der Waals surface area contributed by atoms with E-state index in [1.165, 1.54) is 10.5 Å². The van der Waals surface area contributed by atoms with Crippen LogP contribution in [0.4, 0.5) is 17.2 Å². The molecule has 2 aromatic carbocycles. The number of nitrogens with one attached hydrogen (secondary N) is 1. The van der Waals surface area contributed by atoms with Crippen molar-refractivity contribution in [3.8, 4) is 12.1 Å². The molecule has 2 aliphatic heterocycles. The maximum Gasteiger partial charge on any atom is 0.337 e. The summed E-state index contributed by atoms with van der Waals surface area (Å²) in [5, 5.41) is 31.9. The van der Waals surface area contributed by atoms with Crippen molar-refractivity contribution < 1.29 is 9.90 Å². The smallest absolute Gasteiger partial charge is 0.337 e. The fourth-order valence-corrected chi connectivity index (χ4v) is 5.95. The van der Waals surface area contributed by atoms with E-state index in [4.69, 9.17) is 10.2 Å². The van der Waals surface area contributed by atoms with Crippen LogP contribution in [0.1, 0.15) is 45.6 Å². The van der Waals surface area contributed by atoms with Crippen molar-refractivity contribution in [3.05, 3.63) is 99.0 Å². The van der Waals surface area contributed by atoms with E-state index in [9.17, 15) is 20.0 Å². The Bertz CT molecular complexity index is 1840. The van der Waals surface area contributed by atoms with E-state index < -0.39 is 11.5 Å². The molecule has 0 aliphatic carbocycles. The second-order valence-corrected chi connectivity index (χ2v) is 11.0. The minimum atomic E-state index is -1.04. The summed E-state index contributed by atoms with van der Waals surface area (Å²) < 4.78 is 1.42. The lowest BCUT2D eigenvalue weighted by Crippen LogP contribution is -2.72. The predicted molar refractivity (Wildman–Crippen MR) is 154 cm³/mol. The second-order valence-electron chi connectivity index (χ2n) is 11.0. The number of pyridine rings is 1. The summed E-state index contributed by atoms with van der Waals surface area (Å²) in [6.45, 7) is 6.80. The summed E-state index contributed by atoms with van der Waals surface area (Å²) in [7, 11) is 0. The zero-order valence-electron chi connectivity index (χ0n) is 22.6. The monoisotopic (exact) mass is 545 g/mol. The molecule has 0 amide bonds. The molecule has 2 aromatic heterocycles. The first-order valence-corrected chi connectivity index (χ1v) is 13.3. The summed E-state index contributed by atoms with van der Waals surface area (Å²) in [5.41, 5.74) is 3.90. The van der Waals surface area contributed by atoms with Crippen molar-refractivity contribution in [2.45, 2.75) is 19.9 Å². The fourth-order valence-electron chi connectivity index (χ4n) is 5.95. The second kappa shape index (κ2) is 9.68. The van der Waals surface area contributed by atoms with Crippen LogP contribution in [0.5, 0.6) is 0 Å². The highest BCUT2D eigenvalue weighted by Crippen LogP contribution is 2.44. The molecule has 2 fully saturated rings. The summed E-state index contributed by atoms with van der Waals surface area (Å²) in [4.78, 5) is 34.4. The fraction of sp³-hybridized carbons (Fsp3) is 0.258. The molecular weight excluding hydrogens is 518 g/mol. The molecule has 2 aliphatic rings. The minimum Gasteiger partial charge on any atom is -0.478 e. The Labute approximate surface area is 236 Å². The summed E-state index contributed by atoms with van der Waals surface area (Å²) in [6, 6.07) is 20.0. The third-order valence-electron chi connectivity index (χ3n) is 7.94. The Kier molecular flexibility index (Phi) is 6.12. The van der Waals surface area contributed by atoms with Crippen LogP contribution >= 0.6 is 0 Å². The Morgan fingerprint density at radius 2 is 1.73 bits per heavy atom. The number of carboxylic acids is 1. The van der Waals surface area contributed by atoms with Gasteiger partial charge in [0.05, 0.1) is 23.2 Å². The highest BCUT2D eigenvalue weighted by atomic mass is 16.4. The molecule has 204 valence electrons. The van der Waals surface area contributed by atoms with Gasteiger partial charge >= 0.3 is 5.97 Å². The van der Waals surface area contributed by atoms with Crippen molar-refractivity contribution in [1.29, 1.82) is 10.5 Å². The number of nitriles is 2. The first kappa shape index (κ1) is 25.9. The molecule has 10 heteroatoms. The highest BCUT2D eigenvalue weighted by molar-refractivity contribution is 5.94. The summed E-state index contributed by atoms with van der Waals surface area (Å²) >= 11 is 0. The molecule has 41 heavy (non-hydrogen) atoms. The number of benzene rings is 2. The third kappa shape index (κ3) is 4.40. The molecule has 6 rings (SSSR count). The first-order chi connectivity index (χ1) is 19.7. The zero-order valence-corrected chi connectivity index (χ0v) is 22.6. The van der Waals surface area contributed by atoms with E-state index in [-0.39, 0.29) is 22.6 Å². The average Bonchev–Trinajstić information content (AvgIpc) is 2.92. The number of aryl methyl sites for hydroxylation is 1. The lowest BCUT2D eigenvalue weighted by atomic mass is 9.72. The predicted octanol–water partition coefficient (Wildman–Crippen LogP) is 3.94. The molecule has 0 radical (unpaired) electrons. The van der Waals surface area contributed by atoms with Crippen molar-refractivity contribution in [2.24, 2.45) is 5.41 Å². The van der Waals surface area contributed by atoms with Gasteiger partial charge in [-0.2, -0.15) is 10.5 Å². The van der Waals surface area contributed by atoms with Gasteiger partial charge in [0.25, 0.3) is 5.56 Å². The van der Waals surface area contributed by atoms with Crippen LogP contribution in [0, 0.1) is 35.0 Å². The molecule has 2 saturated heterocycles. The Balaban J connectivity index is 1.29. The average molecular weight is 546 g/mol. The van der Waals surface area contributed by atoms with Gasteiger partial charge in [0.15, 0.2) is 11.4 Å². The van der Waals surface area contributed by atoms with Gasteiger partial charge in [-0.15, -0.1) is 0 Å². The van der Waals surface area contributed by atoms with Crippen LogP contribution in [0.25, 0.3) is 5.65 Å². The first-order valence-electron chi connectivity index (χ1n) is 13.3. The zero-order chi connectivity index (χ0) is 28.9. The number of carboxylic acid groups (broad SMARTS) is 1. The number of rotatable bonds is 6. The number of anilines is 3. The Morgan fingerprint density at radius 1 is 1.05 bits per heavy atom. The van der Waals surface area contributed by atoms with Gasteiger partial charge in [-0.3, -0.25) is 9.20 Å². The van der Waals surface area contributed by atoms with E-state index in [0.717, 1.165) is 29.9 Å². The number of hydrogen-bond acceptors (Lipinski definition) is 8. The molecular formula is C31H27N7O3. The largest absolute Gasteiger partial charge is 0.478 e. The maximum atomic E-state index is 13.5. The van der Waals surface area contributed by atoms with E-state index in [0.29, 0.717) is 35.8 Å². The molecule has 4 heterocycles. The maximum absolute atomic E-state index is 13.5. The SMILES string of the molecule is Cc1cc([C@@H](C)Nc2ccccc2C(=O)O)c2nc(N3CC4(CN(c5ccc(C#N)cc5)C4)C3)c(C#N)c(=O)n2c1. The standard InChI is InChI=1S/C31H27N7O3/c1-19-11-24(20(2)34-26-6-4-3-5-23(26)30(40)41)28-35-27(25(13-33)29(39)38(28)14-19)37-17-31(18-37)15-36(16-31)22-9-7-21(12-32)8-10-22/h3-11,14,20,34H,15-18H2,1-2H3,(H,40,41)/t20-/m1/s1. The van der Waals surface area contributed by atoms with Crippen LogP contribution in [0.15, 0.2) is 65.6 Å². The van der Waals surface area contributed by atoms with E-state index in [1.807, 2.05) is 49.1 Å². The van der Waals surface area contributed by atoms with E-state index in [1.54, 1.807) is 24.4 Å². The normalized spacial score (nSPS) is 15.9. The molecule has 2 N–H and O–H groups in total. The Hall–Kier alpha value is -5.35. The minimum absolute atomic E-state index is 0.00834.